The number of rotatable bonds is 2. The minimum atomic E-state index is -1.65. The Morgan fingerprint density at radius 1 is 1.43 bits per heavy atom. The van der Waals surface area contributed by atoms with Crippen LogP contribution in [0.15, 0.2) is 18.3 Å². The van der Waals surface area contributed by atoms with Gasteiger partial charge in [-0.3, -0.25) is 9.59 Å². The van der Waals surface area contributed by atoms with Crippen molar-refractivity contribution in [2.24, 2.45) is 17.1 Å². The number of nitrogens with zero attached hydrogens (tertiary/aromatic N) is 4. The van der Waals surface area contributed by atoms with Gasteiger partial charge in [-0.1, -0.05) is 18.8 Å². The zero-order valence-corrected chi connectivity index (χ0v) is 17.0. The second-order valence-electron chi connectivity index (χ2n) is 8.98. The summed E-state index contributed by atoms with van der Waals surface area (Å²) in [5.74, 6) is 5.82. The van der Waals surface area contributed by atoms with Crippen LogP contribution in [0.5, 0.6) is 0 Å². The van der Waals surface area contributed by atoms with Crippen molar-refractivity contribution in [1.82, 2.24) is 19.7 Å². The van der Waals surface area contributed by atoms with Crippen molar-refractivity contribution in [2.75, 3.05) is 13.6 Å². The molecule has 8 nitrogen and oxygen atoms in total. The highest BCUT2D eigenvalue weighted by Gasteiger charge is 2.54. The first kappa shape index (κ1) is 18.8. The first-order chi connectivity index (χ1) is 14.2. The van der Waals surface area contributed by atoms with Crippen LogP contribution in [0.3, 0.4) is 0 Å². The van der Waals surface area contributed by atoms with E-state index in [4.69, 9.17) is 5.73 Å². The van der Waals surface area contributed by atoms with E-state index in [0.29, 0.717) is 29.5 Å². The SMILES string of the molecule is CN1CC[C@@](O)(C#Cc2ccnc(-n3nc(C(N)=O)c4c3CC3(C)C[C@H]3C4)c2)C1=O. The summed E-state index contributed by atoms with van der Waals surface area (Å²) >= 11 is 0. The van der Waals surface area contributed by atoms with Crippen molar-refractivity contribution < 1.29 is 14.7 Å². The van der Waals surface area contributed by atoms with E-state index in [2.05, 4.69) is 28.8 Å². The molecule has 3 N–H and O–H groups in total. The topological polar surface area (TPSA) is 114 Å². The fraction of sp³-hybridized carbons (Fsp3) is 0.455. The number of likely N-dealkylation sites (tertiary alicyclic amines) is 1. The molecule has 1 unspecified atom stereocenters. The van der Waals surface area contributed by atoms with Crippen LogP contribution in [0, 0.1) is 23.2 Å². The van der Waals surface area contributed by atoms with Crippen molar-refractivity contribution in [3.8, 4) is 17.7 Å². The highest BCUT2D eigenvalue weighted by molar-refractivity contribution is 5.93. The average molecular weight is 405 g/mol. The van der Waals surface area contributed by atoms with Crippen molar-refractivity contribution >= 4 is 11.8 Å². The fourth-order valence-electron chi connectivity index (χ4n) is 4.69. The van der Waals surface area contributed by atoms with Gasteiger partial charge in [0.25, 0.3) is 11.8 Å². The van der Waals surface area contributed by atoms with Crippen LogP contribution in [-0.4, -0.2) is 55.8 Å². The average Bonchev–Trinajstić information content (AvgIpc) is 3.14. The van der Waals surface area contributed by atoms with Crippen molar-refractivity contribution in [3.05, 3.63) is 40.8 Å². The third-order valence-corrected chi connectivity index (χ3v) is 6.77. The van der Waals surface area contributed by atoms with E-state index in [1.54, 1.807) is 30.1 Å². The molecule has 1 saturated heterocycles. The summed E-state index contributed by atoms with van der Waals surface area (Å²) in [7, 11) is 1.65. The monoisotopic (exact) mass is 405 g/mol. The third-order valence-electron chi connectivity index (χ3n) is 6.77. The molecule has 2 aromatic rings. The fourth-order valence-corrected chi connectivity index (χ4v) is 4.69. The van der Waals surface area contributed by atoms with Crippen molar-refractivity contribution in [1.29, 1.82) is 0 Å². The summed E-state index contributed by atoms with van der Waals surface area (Å²) in [4.78, 5) is 30.0. The summed E-state index contributed by atoms with van der Waals surface area (Å²) in [5, 5.41) is 15.0. The van der Waals surface area contributed by atoms with Crippen molar-refractivity contribution in [2.45, 2.75) is 38.2 Å². The molecule has 2 amide bonds. The van der Waals surface area contributed by atoms with Crippen LogP contribution in [0.2, 0.25) is 0 Å². The van der Waals surface area contributed by atoms with Crippen LogP contribution in [-0.2, 0) is 17.6 Å². The van der Waals surface area contributed by atoms with E-state index < -0.39 is 11.5 Å². The number of carbonyl (C=O) groups excluding carboxylic acids is 2. The summed E-state index contributed by atoms with van der Waals surface area (Å²) < 4.78 is 1.70. The number of nitrogens with two attached hydrogens (primary N) is 1. The van der Waals surface area contributed by atoms with Gasteiger partial charge in [0.1, 0.15) is 0 Å². The Labute approximate surface area is 174 Å². The number of fused-ring (bicyclic) bond motifs is 2. The maximum absolute atomic E-state index is 12.1. The van der Waals surface area contributed by atoms with Crippen LogP contribution in [0.25, 0.3) is 5.82 Å². The Balaban J connectivity index is 1.53. The van der Waals surface area contributed by atoms with Crippen LogP contribution < -0.4 is 5.73 Å². The van der Waals surface area contributed by atoms with Crippen LogP contribution in [0.1, 0.15) is 47.1 Å². The smallest absolute Gasteiger partial charge is 0.269 e. The Hall–Kier alpha value is -3.18. The van der Waals surface area contributed by atoms with Crippen LogP contribution >= 0.6 is 0 Å². The maximum atomic E-state index is 12.1. The molecular formula is C22H23N5O3. The number of aliphatic hydroxyl groups is 1. The number of hydrogen-bond donors (Lipinski definition) is 2. The normalized spacial score (nSPS) is 29.1. The third kappa shape index (κ3) is 2.81. The molecule has 3 heterocycles. The molecule has 2 aliphatic carbocycles. The number of carbonyl (C=O) groups is 2. The van der Waals surface area contributed by atoms with Gasteiger partial charge in [0.05, 0.1) is 5.69 Å². The number of likely N-dealkylation sites (N-methyl/N-ethyl adjacent to an activating group) is 1. The molecule has 8 heteroatoms. The zero-order chi connectivity index (χ0) is 21.3. The summed E-state index contributed by atoms with van der Waals surface area (Å²) in [5.41, 5.74) is 6.99. The summed E-state index contributed by atoms with van der Waals surface area (Å²) in [6.45, 7) is 2.73. The second kappa shape index (κ2) is 6.16. The van der Waals surface area contributed by atoms with E-state index in [1.807, 2.05) is 0 Å². The van der Waals surface area contributed by atoms with Gasteiger partial charge < -0.3 is 15.7 Å². The molecule has 2 aromatic heterocycles. The quantitative estimate of drug-likeness (QED) is 0.704. The predicted molar refractivity (Wildman–Crippen MR) is 108 cm³/mol. The molecular weight excluding hydrogens is 382 g/mol. The van der Waals surface area contributed by atoms with E-state index in [0.717, 1.165) is 30.5 Å². The molecule has 154 valence electrons. The Bertz CT molecular complexity index is 1160. The summed E-state index contributed by atoms with van der Waals surface area (Å²) in [6, 6.07) is 3.46. The van der Waals surface area contributed by atoms with Crippen molar-refractivity contribution in [3.63, 3.8) is 0 Å². The van der Waals surface area contributed by atoms with E-state index in [-0.39, 0.29) is 17.7 Å². The standard InChI is InChI=1S/C22H23N5O3/c1-21-11-14(21)10-15-16(12-21)27(25-18(15)19(23)28)17-9-13(4-7-24-17)3-5-22(30)6-8-26(2)20(22)29/h4,7,9,14,30H,6,8,10-12H2,1-2H3,(H2,23,28)/t14-,21?,22+/m1/s1. The first-order valence-electron chi connectivity index (χ1n) is 10.1. The van der Waals surface area contributed by atoms with E-state index in [1.165, 1.54) is 4.90 Å². The molecule has 0 bridgehead atoms. The second-order valence-corrected chi connectivity index (χ2v) is 8.98. The molecule has 0 radical (unpaired) electrons. The highest BCUT2D eigenvalue weighted by Crippen LogP contribution is 2.59. The molecule has 30 heavy (non-hydrogen) atoms. The number of aromatic nitrogens is 3. The molecule has 1 aliphatic heterocycles. The van der Waals surface area contributed by atoms with Gasteiger partial charge in [-0.2, -0.15) is 5.10 Å². The van der Waals surface area contributed by atoms with Gasteiger partial charge in [0.2, 0.25) is 5.60 Å². The lowest BCUT2D eigenvalue weighted by Gasteiger charge is -2.19. The molecule has 5 rings (SSSR count). The van der Waals surface area contributed by atoms with Gasteiger partial charge in [0.15, 0.2) is 11.5 Å². The Morgan fingerprint density at radius 3 is 2.93 bits per heavy atom. The molecule has 1 saturated carbocycles. The molecule has 3 atom stereocenters. The minimum absolute atomic E-state index is 0.245. The molecule has 3 aliphatic rings. The van der Waals surface area contributed by atoms with Gasteiger partial charge >= 0.3 is 0 Å². The van der Waals surface area contributed by atoms with Gasteiger partial charge in [-0.05, 0) is 42.7 Å². The first-order valence-corrected chi connectivity index (χ1v) is 10.1. The van der Waals surface area contributed by atoms with Gasteiger partial charge in [-0.25, -0.2) is 9.67 Å². The lowest BCUT2D eigenvalue weighted by Crippen LogP contribution is -2.37. The highest BCUT2D eigenvalue weighted by atomic mass is 16.3. The molecule has 0 spiro atoms. The molecule has 0 aromatic carbocycles. The van der Waals surface area contributed by atoms with Gasteiger partial charge in [-0.15, -0.1) is 0 Å². The Kier molecular flexibility index (Phi) is 3.86. The predicted octanol–water partition coefficient (Wildman–Crippen LogP) is 0.436. The van der Waals surface area contributed by atoms with Crippen LogP contribution in [0.4, 0.5) is 0 Å². The largest absolute Gasteiger partial charge is 0.369 e. The lowest BCUT2D eigenvalue weighted by molar-refractivity contribution is -0.137. The maximum Gasteiger partial charge on any atom is 0.269 e. The summed E-state index contributed by atoms with van der Waals surface area (Å²) in [6.07, 6.45) is 4.66. The Morgan fingerprint density at radius 2 is 2.23 bits per heavy atom. The molecule has 2 fully saturated rings. The van der Waals surface area contributed by atoms with Gasteiger partial charge in [0, 0.05) is 37.3 Å². The number of hydrogen-bond acceptors (Lipinski definition) is 5. The number of pyridine rings is 1. The van der Waals surface area contributed by atoms with E-state index >= 15 is 0 Å². The zero-order valence-electron chi connectivity index (χ0n) is 17.0. The number of amides is 2. The van der Waals surface area contributed by atoms with E-state index in [9.17, 15) is 14.7 Å². The minimum Gasteiger partial charge on any atom is -0.369 e. The number of primary amides is 1. The lowest BCUT2D eigenvalue weighted by atomic mass is 9.87.